The molecule has 24 heavy (non-hydrogen) atoms. The number of carboxylic acid groups (broad SMARTS) is 1. The van der Waals surface area contributed by atoms with Crippen molar-refractivity contribution >= 4 is 11.9 Å². The molecule has 1 amide bonds. The van der Waals surface area contributed by atoms with Crippen LogP contribution < -0.4 is 0 Å². The number of carbonyl (C=O) groups is 2. The zero-order valence-corrected chi connectivity index (χ0v) is 12.9. The normalized spacial score (nSPS) is 17.2. The number of benzene rings is 1. The monoisotopic (exact) mass is 347 g/mol. The van der Waals surface area contributed by atoms with Gasteiger partial charge in [0.05, 0.1) is 11.5 Å². The smallest absolute Gasteiger partial charge is 0.416 e. The third kappa shape index (κ3) is 4.24. The Morgan fingerprint density at radius 2 is 1.79 bits per heavy atom. The molecule has 0 saturated heterocycles. The van der Waals surface area contributed by atoms with Crippen LogP contribution in [0.4, 0.5) is 17.6 Å². The van der Waals surface area contributed by atoms with Gasteiger partial charge in [-0.15, -0.1) is 0 Å². The highest BCUT2D eigenvalue weighted by molar-refractivity contribution is 5.83. The molecule has 1 aromatic carbocycles. The number of halogens is 4. The molecule has 0 spiro atoms. The van der Waals surface area contributed by atoms with Gasteiger partial charge < -0.3 is 10.0 Å². The summed E-state index contributed by atoms with van der Waals surface area (Å²) in [7, 11) is 0. The summed E-state index contributed by atoms with van der Waals surface area (Å²) in [5.41, 5.74) is -1.11. The van der Waals surface area contributed by atoms with Crippen molar-refractivity contribution in [1.82, 2.24) is 4.90 Å². The molecule has 0 aliphatic heterocycles. The lowest BCUT2D eigenvalue weighted by atomic mass is 10.1. The van der Waals surface area contributed by atoms with E-state index in [4.69, 9.17) is 5.11 Å². The highest BCUT2D eigenvalue weighted by Gasteiger charge is 2.38. The van der Waals surface area contributed by atoms with E-state index >= 15 is 0 Å². The van der Waals surface area contributed by atoms with E-state index in [1.54, 1.807) is 0 Å². The minimum absolute atomic E-state index is 0.125. The highest BCUT2D eigenvalue weighted by Crippen LogP contribution is 2.33. The fraction of sp³-hybridized carbons (Fsp3) is 0.500. The molecular weight excluding hydrogens is 330 g/mol. The van der Waals surface area contributed by atoms with E-state index in [2.05, 4.69) is 0 Å². The summed E-state index contributed by atoms with van der Waals surface area (Å²) in [5.74, 6) is -2.86. The molecule has 1 aliphatic carbocycles. The first kappa shape index (κ1) is 18.2. The number of aliphatic carboxylic acids is 1. The van der Waals surface area contributed by atoms with Crippen LogP contribution in [0.1, 0.15) is 37.1 Å². The molecule has 1 N–H and O–H groups in total. The average molecular weight is 347 g/mol. The molecule has 1 fully saturated rings. The lowest BCUT2D eigenvalue weighted by Crippen LogP contribution is -2.40. The molecular formula is C16H17F4NO3. The summed E-state index contributed by atoms with van der Waals surface area (Å²) in [6.45, 7) is 1.29. The molecule has 0 heterocycles. The van der Waals surface area contributed by atoms with Gasteiger partial charge in [-0.2, -0.15) is 13.2 Å². The predicted octanol–water partition coefficient (Wildman–Crippen LogP) is 3.43. The molecule has 4 nitrogen and oxygen atoms in total. The van der Waals surface area contributed by atoms with Crippen LogP contribution in [0.3, 0.4) is 0 Å². The summed E-state index contributed by atoms with van der Waals surface area (Å²) < 4.78 is 52.0. The third-order valence-electron chi connectivity index (χ3n) is 3.91. The van der Waals surface area contributed by atoms with E-state index in [0.717, 1.165) is 24.3 Å². The summed E-state index contributed by atoms with van der Waals surface area (Å²) >= 11 is 0. The average Bonchev–Trinajstić information content (AvgIpc) is 3.34. The fourth-order valence-corrected chi connectivity index (χ4v) is 2.31. The molecule has 2 unspecified atom stereocenters. The fourth-order valence-electron chi connectivity index (χ4n) is 2.31. The second-order valence-corrected chi connectivity index (χ2v) is 5.94. The van der Waals surface area contributed by atoms with Crippen LogP contribution in [0.15, 0.2) is 24.3 Å². The number of rotatable bonds is 6. The number of hydrogen-bond donors (Lipinski definition) is 1. The molecule has 2 atom stereocenters. The van der Waals surface area contributed by atoms with Crippen molar-refractivity contribution in [3.05, 3.63) is 35.4 Å². The Bertz CT molecular complexity index is 611. The molecule has 0 radical (unpaired) electrons. The molecule has 1 saturated carbocycles. The predicted molar refractivity (Wildman–Crippen MR) is 76.8 cm³/mol. The minimum Gasteiger partial charge on any atom is -0.481 e. The Balaban J connectivity index is 2.13. The number of hydrogen-bond acceptors (Lipinski definition) is 2. The quantitative estimate of drug-likeness (QED) is 0.802. The number of nitrogens with zero attached hydrogens (tertiary/aromatic N) is 1. The topological polar surface area (TPSA) is 57.6 Å². The van der Waals surface area contributed by atoms with Gasteiger partial charge >= 0.3 is 12.1 Å². The maximum atomic E-state index is 14.4. The second-order valence-electron chi connectivity index (χ2n) is 5.94. The largest absolute Gasteiger partial charge is 0.481 e. The molecule has 0 aromatic heterocycles. The van der Waals surface area contributed by atoms with Crippen molar-refractivity contribution in [3.63, 3.8) is 0 Å². The van der Waals surface area contributed by atoms with E-state index in [-0.39, 0.29) is 18.2 Å². The number of carboxylic acids is 1. The van der Waals surface area contributed by atoms with Crippen molar-refractivity contribution < 1.29 is 32.3 Å². The van der Waals surface area contributed by atoms with E-state index in [0.29, 0.717) is 12.8 Å². The Labute approximate surface area is 136 Å². The zero-order chi connectivity index (χ0) is 18.1. The summed E-state index contributed by atoms with van der Waals surface area (Å²) in [6.07, 6.45) is -5.32. The molecule has 1 aromatic rings. The van der Waals surface area contributed by atoms with Crippen LogP contribution in [-0.4, -0.2) is 34.5 Å². The van der Waals surface area contributed by atoms with Gasteiger partial charge in [0.1, 0.15) is 0 Å². The van der Waals surface area contributed by atoms with Crippen molar-refractivity contribution in [2.24, 2.45) is 5.92 Å². The van der Waals surface area contributed by atoms with Crippen LogP contribution in [0.25, 0.3) is 0 Å². The van der Waals surface area contributed by atoms with Gasteiger partial charge in [0.15, 0.2) is 0 Å². The molecule has 1 aliphatic rings. The van der Waals surface area contributed by atoms with E-state index in [1.807, 2.05) is 0 Å². The summed E-state index contributed by atoms with van der Waals surface area (Å²) in [5, 5.41) is 8.94. The van der Waals surface area contributed by atoms with Crippen LogP contribution in [0, 0.1) is 5.92 Å². The van der Waals surface area contributed by atoms with Crippen molar-refractivity contribution in [1.29, 1.82) is 0 Å². The van der Waals surface area contributed by atoms with Crippen molar-refractivity contribution in [2.45, 2.75) is 38.2 Å². The Morgan fingerprint density at radius 1 is 1.25 bits per heavy atom. The lowest BCUT2D eigenvalue weighted by Gasteiger charge is -2.26. The highest BCUT2D eigenvalue weighted by atomic mass is 19.4. The Morgan fingerprint density at radius 3 is 2.21 bits per heavy atom. The van der Waals surface area contributed by atoms with Crippen molar-refractivity contribution in [3.8, 4) is 0 Å². The first-order chi connectivity index (χ1) is 11.1. The van der Waals surface area contributed by atoms with Gasteiger partial charge in [0.2, 0.25) is 6.17 Å². The van der Waals surface area contributed by atoms with Crippen LogP contribution in [0.5, 0.6) is 0 Å². The van der Waals surface area contributed by atoms with E-state index < -0.39 is 35.7 Å². The third-order valence-corrected chi connectivity index (χ3v) is 3.91. The Hall–Kier alpha value is -2.12. The molecule has 0 bridgehead atoms. The maximum Gasteiger partial charge on any atom is 0.416 e. The summed E-state index contributed by atoms with van der Waals surface area (Å²) in [4.78, 5) is 24.4. The first-order valence-corrected chi connectivity index (χ1v) is 7.45. The number of amides is 1. The Kier molecular flexibility index (Phi) is 5.15. The zero-order valence-electron chi connectivity index (χ0n) is 12.9. The number of alkyl halides is 4. The van der Waals surface area contributed by atoms with Crippen LogP contribution in [0.2, 0.25) is 0 Å². The first-order valence-electron chi connectivity index (χ1n) is 7.45. The van der Waals surface area contributed by atoms with Gasteiger partial charge in [0, 0.05) is 12.6 Å². The minimum atomic E-state index is -4.54. The van der Waals surface area contributed by atoms with Gasteiger partial charge in [-0.25, -0.2) is 4.39 Å². The maximum absolute atomic E-state index is 14.4. The standard InChI is InChI=1S/C16H17F4NO3/c1-9(15(23)24)8-21(12-6-7-12)14(22)13(17)10-2-4-11(5-3-10)16(18,19)20/h2-5,9,12-13H,6-8H2,1H3,(H,23,24). The second kappa shape index (κ2) is 6.78. The van der Waals surface area contributed by atoms with Crippen LogP contribution in [-0.2, 0) is 15.8 Å². The van der Waals surface area contributed by atoms with Gasteiger partial charge in [0.25, 0.3) is 5.91 Å². The van der Waals surface area contributed by atoms with Gasteiger partial charge in [-0.1, -0.05) is 19.1 Å². The molecule has 8 heteroatoms. The summed E-state index contributed by atoms with van der Waals surface area (Å²) in [6, 6.07) is 3.09. The molecule has 132 valence electrons. The molecule has 2 rings (SSSR count). The van der Waals surface area contributed by atoms with E-state index in [9.17, 15) is 27.2 Å². The number of carbonyl (C=O) groups excluding carboxylic acids is 1. The van der Waals surface area contributed by atoms with E-state index in [1.165, 1.54) is 11.8 Å². The van der Waals surface area contributed by atoms with Crippen LogP contribution >= 0.6 is 0 Å². The SMILES string of the molecule is CC(CN(C(=O)C(F)c1ccc(C(F)(F)F)cc1)C1CC1)C(=O)O. The van der Waals surface area contributed by atoms with Gasteiger partial charge in [-0.3, -0.25) is 9.59 Å². The lowest BCUT2D eigenvalue weighted by molar-refractivity contribution is -0.144. The van der Waals surface area contributed by atoms with Gasteiger partial charge in [-0.05, 0) is 30.5 Å². The van der Waals surface area contributed by atoms with Crippen molar-refractivity contribution in [2.75, 3.05) is 6.54 Å².